The summed E-state index contributed by atoms with van der Waals surface area (Å²) >= 11 is 0. The van der Waals surface area contributed by atoms with Gasteiger partial charge in [0, 0.05) is 17.1 Å². The zero-order chi connectivity index (χ0) is 21.2. The van der Waals surface area contributed by atoms with Crippen molar-refractivity contribution in [2.75, 3.05) is 0 Å². The van der Waals surface area contributed by atoms with E-state index in [0.29, 0.717) is 11.3 Å². The van der Waals surface area contributed by atoms with Gasteiger partial charge < -0.3 is 9.84 Å². The molecular formula is C24H23NO4. The minimum Gasteiger partial charge on any atom is -0.478 e. The van der Waals surface area contributed by atoms with E-state index in [2.05, 4.69) is 4.98 Å². The fourth-order valence-corrected chi connectivity index (χ4v) is 3.01. The molecule has 0 fully saturated rings. The quantitative estimate of drug-likeness (QED) is 0.475. The van der Waals surface area contributed by atoms with E-state index in [1.165, 1.54) is 19.9 Å². The minimum atomic E-state index is -1.33. The van der Waals surface area contributed by atoms with E-state index in [1.807, 2.05) is 56.3 Å². The van der Waals surface area contributed by atoms with Crippen molar-refractivity contribution in [1.82, 2.24) is 4.98 Å². The van der Waals surface area contributed by atoms with Crippen LogP contribution < -0.4 is 4.74 Å². The smallest absolute Gasteiger partial charge is 0.347 e. The Balaban J connectivity index is 1.82. The monoisotopic (exact) mass is 389 g/mol. The molecule has 1 aromatic heterocycles. The molecule has 0 spiro atoms. The first kappa shape index (κ1) is 20.3. The van der Waals surface area contributed by atoms with E-state index in [1.54, 1.807) is 12.3 Å². The number of allylic oxidation sites excluding steroid dienone is 1. The zero-order valence-corrected chi connectivity index (χ0v) is 16.9. The second kappa shape index (κ2) is 7.87. The number of aliphatic carboxylic acids is 1. The van der Waals surface area contributed by atoms with Gasteiger partial charge >= 0.3 is 5.97 Å². The van der Waals surface area contributed by atoms with Crippen LogP contribution in [-0.4, -0.2) is 27.4 Å². The van der Waals surface area contributed by atoms with Crippen molar-refractivity contribution in [3.8, 4) is 5.75 Å². The number of ketones is 1. The first-order valence-electron chi connectivity index (χ1n) is 9.28. The third kappa shape index (κ3) is 4.51. The number of rotatable bonds is 6. The van der Waals surface area contributed by atoms with Gasteiger partial charge in [-0.2, -0.15) is 0 Å². The van der Waals surface area contributed by atoms with E-state index in [4.69, 9.17) is 4.74 Å². The lowest BCUT2D eigenvalue weighted by molar-refractivity contribution is -0.152. The van der Waals surface area contributed by atoms with Crippen LogP contribution in [0.2, 0.25) is 0 Å². The van der Waals surface area contributed by atoms with E-state index < -0.39 is 11.6 Å². The summed E-state index contributed by atoms with van der Waals surface area (Å²) in [6.45, 7) is 6.73. The fourth-order valence-electron chi connectivity index (χ4n) is 3.01. The third-order valence-corrected chi connectivity index (χ3v) is 4.66. The lowest BCUT2D eigenvalue weighted by Gasteiger charge is -2.24. The summed E-state index contributed by atoms with van der Waals surface area (Å²) in [7, 11) is 0. The zero-order valence-electron chi connectivity index (χ0n) is 16.9. The maximum absolute atomic E-state index is 12.5. The van der Waals surface area contributed by atoms with Gasteiger partial charge in [0.2, 0.25) is 0 Å². The highest BCUT2D eigenvalue weighted by molar-refractivity contribution is 6.08. The molecule has 1 N–H and O–H groups in total. The number of hydrogen-bond acceptors (Lipinski definition) is 4. The molecule has 3 rings (SSSR count). The number of carbonyl (C=O) groups excluding carboxylic acids is 1. The maximum Gasteiger partial charge on any atom is 0.347 e. The summed E-state index contributed by atoms with van der Waals surface area (Å²) in [5, 5.41) is 10.2. The number of ether oxygens (including phenoxy) is 1. The van der Waals surface area contributed by atoms with Gasteiger partial charge in [-0.05, 0) is 74.7 Å². The summed E-state index contributed by atoms with van der Waals surface area (Å²) in [5.41, 5.74) is 2.49. The molecule has 29 heavy (non-hydrogen) atoms. The second-order valence-electron chi connectivity index (χ2n) is 7.52. The average molecular weight is 389 g/mol. The number of aryl methyl sites for hydroxylation is 2. The van der Waals surface area contributed by atoms with Gasteiger partial charge in [-0.25, -0.2) is 4.79 Å². The molecule has 0 radical (unpaired) electrons. The van der Waals surface area contributed by atoms with Crippen LogP contribution in [0.5, 0.6) is 5.75 Å². The number of hydrogen-bond donors (Lipinski definition) is 1. The Hall–Kier alpha value is -3.47. The Kier molecular flexibility index (Phi) is 5.50. The molecule has 0 bridgehead atoms. The molecule has 0 unspecified atom stereocenters. The second-order valence-corrected chi connectivity index (χ2v) is 7.52. The molecule has 0 aliphatic rings. The maximum atomic E-state index is 12.5. The standard InChI is InChI=1S/C24H23NO4/c1-15-11-17(12-16(2)22(15)29-24(3,4)23(27)28)9-10-21(26)19-13-18-7-5-6-8-20(18)25-14-19/h5-14H,1-4H3,(H,27,28). The molecule has 1 heterocycles. The number of carboxylic acid groups (broad SMARTS) is 1. The van der Waals surface area contributed by atoms with Crippen molar-refractivity contribution < 1.29 is 19.4 Å². The van der Waals surface area contributed by atoms with Crippen molar-refractivity contribution >= 4 is 28.7 Å². The molecule has 0 saturated carbocycles. The number of para-hydroxylation sites is 1. The molecule has 5 heteroatoms. The number of carboxylic acids is 1. The van der Waals surface area contributed by atoms with E-state index in [9.17, 15) is 14.7 Å². The Morgan fingerprint density at radius 1 is 1.07 bits per heavy atom. The Morgan fingerprint density at radius 2 is 1.72 bits per heavy atom. The number of nitrogens with zero attached hydrogens (tertiary/aromatic N) is 1. The third-order valence-electron chi connectivity index (χ3n) is 4.66. The van der Waals surface area contributed by atoms with Gasteiger partial charge in [-0.1, -0.05) is 24.3 Å². The molecule has 2 aromatic carbocycles. The molecule has 0 saturated heterocycles. The highest BCUT2D eigenvalue weighted by Gasteiger charge is 2.30. The van der Waals surface area contributed by atoms with Gasteiger partial charge in [-0.15, -0.1) is 0 Å². The van der Waals surface area contributed by atoms with Crippen LogP contribution in [0.4, 0.5) is 0 Å². The molecule has 5 nitrogen and oxygen atoms in total. The minimum absolute atomic E-state index is 0.133. The largest absolute Gasteiger partial charge is 0.478 e. The molecule has 0 amide bonds. The molecule has 3 aromatic rings. The van der Waals surface area contributed by atoms with Crippen LogP contribution in [-0.2, 0) is 4.79 Å². The van der Waals surface area contributed by atoms with Crippen molar-refractivity contribution in [3.05, 3.63) is 77.0 Å². The summed E-state index contributed by atoms with van der Waals surface area (Å²) in [6.07, 6.45) is 4.84. The first-order chi connectivity index (χ1) is 13.7. The normalized spacial score (nSPS) is 11.7. The van der Waals surface area contributed by atoms with E-state index in [0.717, 1.165) is 27.6 Å². The number of pyridine rings is 1. The van der Waals surface area contributed by atoms with Crippen LogP contribution in [0.3, 0.4) is 0 Å². The van der Waals surface area contributed by atoms with Gasteiger partial charge in [0.15, 0.2) is 11.4 Å². The van der Waals surface area contributed by atoms with E-state index >= 15 is 0 Å². The SMILES string of the molecule is Cc1cc(C=CC(=O)c2cnc3ccccc3c2)cc(C)c1OC(C)(C)C(=O)O. The van der Waals surface area contributed by atoms with Gasteiger partial charge in [0.05, 0.1) is 5.52 Å². The average Bonchev–Trinajstić information content (AvgIpc) is 2.68. The lowest BCUT2D eigenvalue weighted by Crippen LogP contribution is -2.38. The van der Waals surface area contributed by atoms with Crippen molar-refractivity contribution in [2.45, 2.75) is 33.3 Å². The first-order valence-corrected chi connectivity index (χ1v) is 9.28. The lowest BCUT2D eigenvalue weighted by atomic mass is 10.0. The number of carbonyl (C=O) groups is 2. The Labute approximate surface area is 169 Å². The molecule has 0 atom stereocenters. The highest BCUT2D eigenvalue weighted by atomic mass is 16.5. The Bertz CT molecular complexity index is 1110. The summed E-state index contributed by atoms with van der Waals surface area (Å²) in [4.78, 5) is 28.2. The fraction of sp³-hybridized carbons (Fsp3) is 0.208. The van der Waals surface area contributed by atoms with Crippen LogP contribution >= 0.6 is 0 Å². The number of fused-ring (bicyclic) bond motifs is 1. The van der Waals surface area contributed by atoms with Gasteiger partial charge in [0.25, 0.3) is 0 Å². The van der Waals surface area contributed by atoms with Crippen molar-refractivity contribution in [2.24, 2.45) is 0 Å². The van der Waals surface area contributed by atoms with Crippen molar-refractivity contribution in [3.63, 3.8) is 0 Å². The summed E-state index contributed by atoms with van der Waals surface area (Å²) < 4.78 is 5.72. The van der Waals surface area contributed by atoms with Crippen LogP contribution in [0.15, 0.2) is 54.7 Å². The van der Waals surface area contributed by atoms with Crippen LogP contribution in [0, 0.1) is 13.8 Å². The molecular weight excluding hydrogens is 366 g/mol. The highest BCUT2D eigenvalue weighted by Crippen LogP contribution is 2.29. The van der Waals surface area contributed by atoms with Gasteiger partial charge in [0.1, 0.15) is 5.75 Å². The molecule has 0 aliphatic heterocycles. The van der Waals surface area contributed by atoms with Gasteiger partial charge in [-0.3, -0.25) is 9.78 Å². The van der Waals surface area contributed by atoms with Crippen LogP contribution in [0.1, 0.15) is 40.9 Å². The molecule has 148 valence electrons. The van der Waals surface area contributed by atoms with E-state index in [-0.39, 0.29) is 5.78 Å². The summed E-state index contributed by atoms with van der Waals surface area (Å²) in [6, 6.07) is 13.2. The topological polar surface area (TPSA) is 76.5 Å². The van der Waals surface area contributed by atoms with Crippen LogP contribution in [0.25, 0.3) is 17.0 Å². The van der Waals surface area contributed by atoms with Crippen molar-refractivity contribution in [1.29, 1.82) is 0 Å². The molecule has 0 aliphatic carbocycles. The predicted molar refractivity (Wildman–Crippen MR) is 113 cm³/mol. The number of aromatic nitrogens is 1. The predicted octanol–water partition coefficient (Wildman–Crippen LogP) is 4.99. The Morgan fingerprint density at radius 3 is 2.38 bits per heavy atom. The number of benzene rings is 2. The summed E-state index contributed by atoms with van der Waals surface area (Å²) in [5.74, 6) is -0.625.